The minimum Gasteiger partial charge on any atom is -0.384 e. The summed E-state index contributed by atoms with van der Waals surface area (Å²) in [6.45, 7) is 4.59. The summed E-state index contributed by atoms with van der Waals surface area (Å²) in [5, 5.41) is 17.4. The van der Waals surface area contributed by atoms with E-state index >= 15 is 0 Å². The Labute approximate surface area is 169 Å². The number of benzene rings is 1. The topological polar surface area (TPSA) is 166 Å². The van der Waals surface area contributed by atoms with E-state index in [0.717, 1.165) is 5.56 Å². The van der Waals surface area contributed by atoms with E-state index in [9.17, 15) is 19.2 Å². The second-order valence-corrected chi connectivity index (χ2v) is 6.80. The lowest BCUT2D eigenvalue weighted by molar-refractivity contribution is -0.131. The van der Waals surface area contributed by atoms with E-state index in [1.54, 1.807) is 38.1 Å². The Hall–Kier alpha value is -3.43. The van der Waals surface area contributed by atoms with E-state index in [4.69, 9.17) is 11.1 Å². The van der Waals surface area contributed by atoms with E-state index in [0.29, 0.717) is 5.56 Å². The average molecular weight is 404 g/mol. The molecule has 0 saturated carbocycles. The van der Waals surface area contributed by atoms with Crippen molar-refractivity contribution in [2.24, 2.45) is 11.7 Å². The maximum absolute atomic E-state index is 12.3. The van der Waals surface area contributed by atoms with Gasteiger partial charge in [-0.15, -0.1) is 0 Å². The molecular formula is C19H28N6O4. The minimum atomic E-state index is -0.830. The predicted octanol–water partition coefficient (Wildman–Crippen LogP) is -1.02. The molecule has 0 aliphatic heterocycles. The Kier molecular flexibility index (Phi) is 9.30. The molecule has 1 aromatic carbocycles. The molecule has 0 fully saturated rings. The maximum Gasteiger partial charge on any atom is 0.243 e. The summed E-state index contributed by atoms with van der Waals surface area (Å²) in [4.78, 5) is 47.0. The van der Waals surface area contributed by atoms with Crippen LogP contribution in [-0.2, 0) is 25.7 Å². The number of nitrogen functional groups attached to an aromatic ring is 1. The van der Waals surface area contributed by atoms with Gasteiger partial charge in [0, 0.05) is 19.0 Å². The maximum atomic E-state index is 12.3. The Balaban J connectivity index is 2.46. The largest absolute Gasteiger partial charge is 0.384 e. The second-order valence-electron chi connectivity index (χ2n) is 6.80. The number of hydrogen-bond acceptors (Lipinski definition) is 5. The minimum absolute atomic E-state index is 0.0350. The van der Waals surface area contributed by atoms with Gasteiger partial charge in [-0.1, -0.05) is 38.1 Å². The summed E-state index contributed by atoms with van der Waals surface area (Å²) in [7, 11) is 0. The number of carbonyl (C=O) groups is 4. The van der Waals surface area contributed by atoms with Gasteiger partial charge in [0.25, 0.3) is 0 Å². The highest BCUT2D eigenvalue weighted by molar-refractivity contribution is 5.95. The zero-order chi connectivity index (χ0) is 22.0. The molecule has 1 unspecified atom stereocenters. The Morgan fingerprint density at radius 2 is 1.55 bits per heavy atom. The van der Waals surface area contributed by atoms with Crippen molar-refractivity contribution in [3.8, 4) is 0 Å². The fraction of sp³-hybridized carbons (Fsp3) is 0.421. The molecule has 29 heavy (non-hydrogen) atoms. The smallest absolute Gasteiger partial charge is 0.243 e. The number of hydrogen-bond donors (Lipinski definition) is 6. The highest BCUT2D eigenvalue weighted by atomic mass is 16.2. The third kappa shape index (κ3) is 8.87. The highest BCUT2D eigenvalue weighted by Crippen LogP contribution is 2.04. The molecule has 4 amide bonds. The van der Waals surface area contributed by atoms with Crippen LogP contribution < -0.4 is 27.0 Å². The van der Waals surface area contributed by atoms with Gasteiger partial charge < -0.3 is 27.0 Å². The first-order chi connectivity index (χ1) is 13.6. The normalized spacial score (nSPS) is 11.3. The van der Waals surface area contributed by atoms with Crippen LogP contribution >= 0.6 is 0 Å². The molecular weight excluding hydrogens is 376 g/mol. The van der Waals surface area contributed by atoms with E-state index in [1.807, 2.05) is 0 Å². The van der Waals surface area contributed by atoms with Crippen LogP contribution in [0.25, 0.3) is 0 Å². The molecule has 0 saturated heterocycles. The molecule has 0 heterocycles. The van der Waals surface area contributed by atoms with Crippen molar-refractivity contribution >= 4 is 29.5 Å². The summed E-state index contributed by atoms with van der Waals surface area (Å²) >= 11 is 0. The lowest BCUT2D eigenvalue weighted by Gasteiger charge is -2.21. The van der Waals surface area contributed by atoms with Crippen LogP contribution in [0.15, 0.2) is 24.3 Å². The van der Waals surface area contributed by atoms with Gasteiger partial charge in [0.05, 0.1) is 13.1 Å². The number of nitrogens with one attached hydrogen (secondary N) is 5. The fourth-order valence-corrected chi connectivity index (χ4v) is 2.31. The van der Waals surface area contributed by atoms with Gasteiger partial charge in [0.2, 0.25) is 23.6 Å². The lowest BCUT2D eigenvalue weighted by Crippen LogP contribution is -2.53. The van der Waals surface area contributed by atoms with Crippen LogP contribution in [0.4, 0.5) is 0 Å². The van der Waals surface area contributed by atoms with Crippen molar-refractivity contribution in [1.82, 2.24) is 21.3 Å². The number of rotatable bonds is 10. The van der Waals surface area contributed by atoms with Crippen LogP contribution in [-0.4, -0.2) is 48.6 Å². The first-order valence-electron chi connectivity index (χ1n) is 9.11. The molecule has 0 aliphatic rings. The molecule has 10 nitrogen and oxygen atoms in total. The zero-order valence-corrected chi connectivity index (χ0v) is 16.8. The van der Waals surface area contributed by atoms with Gasteiger partial charge in [-0.05, 0) is 11.5 Å². The standard InChI is InChI=1S/C19H28N6O4/c1-11(2)17(25-16(28)10-22-12(3)26)19(29)24-9-15(27)23-8-13-4-6-14(7-5-13)18(20)21/h4-7,11,17H,8-10H2,1-3H3,(H3,20,21)(H,22,26)(H,23,27)(H,24,29)(H,25,28). The summed E-state index contributed by atoms with van der Waals surface area (Å²) < 4.78 is 0. The van der Waals surface area contributed by atoms with Gasteiger partial charge in [-0.2, -0.15) is 0 Å². The van der Waals surface area contributed by atoms with Crippen LogP contribution in [0.1, 0.15) is 31.9 Å². The molecule has 10 heteroatoms. The summed E-state index contributed by atoms with van der Waals surface area (Å²) in [6.07, 6.45) is 0. The molecule has 1 rings (SSSR count). The van der Waals surface area contributed by atoms with Crippen LogP contribution in [0.5, 0.6) is 0 Å². The summed E-state index contributed by atoms with van der Waals surface area (Å²) in [5.74, 6) is -1.96. The molecule has 0 aliphatic carbocycles. The number of nitrogens with two attached hydrogens (primary N) is 1. The van der Waals surface area contributed by atoms with E-state index in [-0.39, 0.29) is 43.2 Å². The van der Waals surface area contributed by atoms with Gasteiger partial charge in [0.15, 0.2) is 0 Å². The number of carbonyl (C=O) groups excluding carboxylic acids is 4. The molecule has 0 aromatic heterocycles. The van der Waals surface area contributed by atoms with Crippen LogP contribution in [0.3, 0.4) is 0 Å². The van der Waals surface area contributed by atoms with E-state index in [2.05, 4.69) is 21.3 Å². The Morgan fingerprint density at radius 3 is 2.07 bits per heavy atom. The lowest BCUT2D eigenvalue weighted by atomic mass is 10.0. The summed E-state index contributed by atoms with van der Waals surface area (Å²) in [5.41, 5.74) is 6.80. The quantitative estimate of drug-likeness (QED) is 0.216. The summed E-state index contributed by atoms with van der Waals surface area (Å²) in [6, 6.07) is 6.03. The van der Waals surface area contributed by atoms with E-state index < -0.39 is 17.9 Å². The molecule has 1 atom stereocenters. The van der Waals surface area contributed by atoms with E-state index in [1.165, 1.54) is 6.92 Å². The van der Waals surface area contributed by atoms with Gasteiger partial charge in [0.1, 0.15) is 11.9 Å². The molecule has 1 aromatic rings. The molecule has 158 valence electrons. The molecule has 0 spiro atoms. The molecule has 0 bridgehead atoms. The highest BCUT2D eigenvalue weighted by Gasteiger charge is 2.24. The number of amides is 4. The third-order valence-corrected chi connectivity index (χ3v) is 3.94. The SMILES string of the molecule is CC(=O)NCC(=O)NC(C(=O)NCC(=O)NCc1ccc(C(=N)N)cc1)C(C)C. The van der Waals surface area contributed by atoms with Gasteiger partial charge in [-0.25, -0.2) is 0 Å². The van der Waals surface area contributed by atoms with Crippen molar-refractivity contribution < 1.29 is 19.2 Å². The first-order valence-corrected chi connectivity index (χ1v) is 9.11. The van der Waals surface area contributed by atoms with Crippen molar-refractivity contribution in [2.75, 3.05) is 13.1 Å². The first kappa shape index (κ1) is 23.6. The molecule has 7 N–H and O–H groups in total. The fourth-order valence-electron chi connectivity index (χ4n) is 2.31. The predicted molar refractivity (Wildman–Crippen MR) is 108 cm³/mol. The number of amidine groups is 1. The van der Waals surface area contributed by atoms with Crippen molar-refractivity contribution in [3.05, 3.63) is 35.4 Å². The average Bonchev–Trinajstić information content (AvgIpc) is 2.67. The van der Waals surface area contributed by atoms with Gasteiger partial charge >= 0.3 is 0 Å². The third-order valence-electron chi connectivity index (χ3n) is 3.94. The Bertz CT molecular complexity index is 760. The van der Waals surface area contributed by atoms with Crippen LogP contribution in [0.2, 0.25) is 0 Å². The monoisotopic (exact) mass is 404 g/mol. The van der Waals surface area contributed by atoms with Crippen LogP contribution in [0, 0.1) is 11.3 Å². The Morgan fingerprint density at radius 1 is 0.966 bits per heavy atom. The van der Waals surface area contributed by atoms with Crippen molar-refractivity contribution in [2.45, 2.75) is 33.4 Å². The molecule has 0 radical (unpaired) electrons. The van der Waals surface area contributed by atoms with Crippen molar-refractivity contribution in [1.29, 1.82) is 5.41 Å². The zero-order valence-electron chi connectivity index (χ0n) is 16.8. The van der Waals surface area contributed by atoms with Crippen molar-refractivity contribution in [3.63, 3.8) is 0 Å². The second kappa shape index (κ2) is 11.4. The van der Waals surface area contributed by atoms with Gasteiger partial charge in [-0.3, -0.25) is 24.6 Å².